The quantitative estimate of drug-likeness (QED) is 0.855. The average molecular weight is 401 g/mol. The van der Waals surface area contributed by atoms with E-state index in [9.17, 15) is 16.8 Å². The van der Waals surface area contributed by atoms with Crippen LogP contribution >= 0.6 is 11.6 Å². The minimum Gasteiger partial charge on any atom is -0.280 e. The number of hydrogen-bond acceptors (Lipinski definition) is 4. The average Bonchev–Trinajstić information content (AvgIpc) is 2.53. The number of hydrogen-bond donors (Lipinski definition) is 1. The van der Waals surface area contributed by atoms with Crippen LogP contribution in [0.3, 0.4) is 0 Å². The summed E-state index contributed by atoms with van der Waals surface area (Å²) < 4.78 is 52.5. The molecule has 1 heterocycles. The van der Waals surface area contributed by atoms with Crippen LogP contribution in [0.15, 0.2) is 47.4 Å². The molecule has 0 saturated heterocycles. The molecule has 9 heteroatoms. The van der Waals surface area contributed by atoms with Crippen LogP contribution in [0.4, 0.5) is 11.4 Å². The third-order valence-corrected chi connectivity index (χ3v) is 6.76. The van der Waals surface area contributed by atoms with Crippen LogP contribution in [0.1, 0.15) is 12.0 Å². The smallest absolute Gasteiger partial charge is 0.261 e. The number of aryl methyl sites for hydroxylation is 1. The fourth-order valence-electron chi connectivity index (χ4n) is 2.80. The third-order valence-electron chi connectivity index (χ3n) is 3.93. The predicted molar refractivity (Wildman–Crippen MR) is 99.2 cm³/mol. The fourth-order valence-corrected chi connectivity index (χ4v) is 4.97. The molecular weight excluding hydrogens is 384 g/mol. The van der Waals surface area contributed by atoms with Crippen molar-refractivity contribution in [1.29, 1.82) is 0 Å². The molecule has 0 unspecified atom stereocenters. The van der Waals surface area contributed by atoms with E-state index in [1.807, 2.05) is 0 Å². The van der Waals surface area contributed by atoms with Gasteiger partial charge in [0.25, 0.3) is 10.0 Å². The Bertz CT molecular complexity index is 1000. The summed E-state index contributed by atoms with van der Waals surface area (Å²) >= 11 is 5.78. The highest BCUT2D eigenvalue weighted by Gasteiger charge is 2.24. The standard InChI is InChI=1S/C16H17ClN2O4S2/c1-24(20,21)19-10-2-3-12-11-14(6-9-16(12)19)18-25(22,23)15-7-4-13(17)5-8-15/h4-9,11,18H,2-3,10H2,1H3. The largest absolute Gasteiger partial charge is 0.280 e. The van der Waals surface area contributed by atoms with Gasteiger partial charge in [-0.2, -0.15) is 0 Å². The topological polar surface area (TPSA) is 83.6 Å². The molecule has 25 heavy (non-hydrogen) atoms. The Balaban J connectivity index is 1.91. The second-order valence-corrected chi connectivity index (χ2v) is 9.87. The number of sulfonamides is 2. The van der Waals surface area contributed by atoms with Gasteiger partial charge in [0.05, 0.1) is 16.8 Å². The zero-order chi connectivity index (χ0) is 18.2. The van der Waals surface area contributed by atoms with Crippen molar-refractivity contribution in [2.24, 2.45) is 0 Å². The van der Waals surface area contributed by atoms with E-state index in [0.717, 1.165) is 5.56 Å². The van der Waals surface area contributed by atoms with Crippen molar-refractivity contribution in [3.63, 3.8) is 0 Å². The van der Waals surface area contributed by atoms with Crippen LogP contribution in [0, 0.1) is 0 Å². The normalized spacial score (nSPS) is 14.9. The van der Waals surface area contributed by atoms with Crippen molar-refractivity contribution in [3.8, 4) is 0 Å². The molecule has 1 N–H and O–H groups in total. The SMILES string of the molecule is CS(=O)(=O)N1CCCc2cc(NS(=O)(=O)c3ccc(Cl)cc3)ccc21. The minimum atomic E-state index is -3.74. The lowest BCUT2D eigenvalue weighted by Gasteiger charge is -2.29. The summed E-state index contributed by atoms with van der Waals surface area (Å²) in [7, 11) is -7.09. The molecule has 2 aromatic rings. The second-order valence-electron chi connectivity index (χ2n) is 5.84. The van der Waals surface area contributed by atoms with E-state index in [0.29, 0.717) is 35.8 Å². The Morgan fingerprint density at radius 2 is 1.72 bits per heavy atom. The van der Waals surface area contributed by atoms with Crippen LogP contribution in [0.5, 0.6) is 0 Å². The first-order valence-corrected chi connectivity index (χ1v) is 11.3. The molecule has 1 aliphatic rings. The molecule has 134 valence electrons. The first kappa shape index (κ1) is 18.0. The molecule has 0 saturated carbocycles. The Morgan fingerprint density at radius 1 is 1.04 bits per heavy atom. The number of fused-ring (bicyclic) bond motifs is 1. The van der Waals surface area contributed by atoms with E-state index >= 15 is 0 Å². The number of benzene rings is 2. The summed E-state index contributed by atoms with van der Waals surface area (Å²) in [6.45, 7) is 0.432. The molecule has 0 amide bonds. The van der Waals surface area contributed by atoms with E-state index in [1.165, 1.54) is 34.8 Å². The van der Waals surface area contributed by atoms with Crippen LogP contribution < -0.4 is 9.03 Å². The van der Waals surface area contributed by atoms with Crippen LogP contribution in [-0.2, 0) is 26.5 Å². The van der Waals surface area contributed by atoms with Gasteiger partial charge in [-0.05, 0) is 60.9 Å². The van der Waals surface area contributed by atoms with Crippen molar-refractivity contribution >= 4 is 43.0 Å². The Labute approximate surface area is 152 Å². The van der Waals surface area contributed by atoms with Crippen molar-refractivity contribution < 1.29 is 16.8 Å². The van der Waals surface area contributed by atoms with E-state index in [1.54, 1.807) is 18.2 Å². The molecule has 0 fully saturated rings. The maximum Gasteiger partial charge on any atom is 0.261 e. The van der Waals surface area contributed by atoms with Crippen LogP contribution in [0.2, 0.25) is 5.02 Å². The number of nitrogens with one attached hydrogen (secondary N) is 1. The van der Waals surface area contributed by atoms with Gasteiger partial charge in [-0.1, -0.05) is 11.6 Å². The van der Waals surface area contributed by atoms with Crippen molar-refractivity contribution in [1.82, 2.24) is 0 Å². The molecular formula is C16H17ClN2O4S2. The summed E-state index contributed by atoms with van der Waals surface area (Å²) in [5.74, 6) is 0. The van der Waals surface area contributed by atoms with E-state index in [-0.39, 0.29) is 4.90 Å². The monoisotopic (exact) mass is 400 g/mol. The molecule has 0 aliphatic carbocycles. The van der Waals surface area contributed by atoms with E-state index in [4.69, 9.17) is 11.6 Å². The van der Waals surface area contributed by atoms with Crippen molar-refractivity contribution in [3.05, 3.63) is 53.1 Å². The number of anilines is 2. The van der Waals surface area contributed by atoms with Gasteiger partial charge < -0.3 is 0 Å². The second kappa shape index (κ2) is 6.51. The van der Waals surface area contributed by atoms with Gasteiger partial charge in [-0.3, -0.25) is 9.03 Å². The molecule has 2 aromatic carbocycles. The zero-order valence-electron chi connectivity index (χ0n) is 13.4. The van der Waals surface area contributed by atoms with Gasteiger partial charge in [0.1, 0.15) is 0 Å². The van der Waals surface area contributed by atoms with Crippen LogP contribution in [-0.4, -0.2) is 29.6 Å². The summed E-state index contributed by atoms with van der Waals surface area (Å²) in [5.41, 5.74) is 1.79. The number of halogens is 1. The van der Waals surface area contributed by atoms with Crippen LogP contribution in [0.25, 0.3) is 0 Å². The molecule has 0 spiro atoms. The van der Waals surface area contributed by atoms with Gasteiger partial charge in [-0.15, -0.1) is 0 Å². The first-order valence-electron chi connectivity index (χ1n) is 7.56. The van der Waals surface area contributed by atoms with Crippen molar-refractivity contribution in [2.45, 2.75) is 17.7 Å². The van der Waals surface area contributed by atoms with Gasteiger partial charge in [0.15, 0.2) is 0 Å². The molecule has 0 radical (unpaired) electrons. The highest BCUT2D eigenvalue weighted by Crippen LogP contribution is 2.32. The summed E-state index contributed by atoms with van der Waals surface area (Å²) in [6.07, 6.45) is 2.55. The predicted octanol–water partition coefficient (Wildman–Crippen LogP) is 2.85. The first-order chi connectivity index (χ1) is 11.7. The molecule has 0 bridgehead atoms. The summed E-state index contributed by atoms with van der Waals surface area (Å²) in [4.78, 5) is 0.104. The van der Waals surface area contributed by atoms with Gasteiger partial charge in [0, 0.05) is 17.3 Å². The van der Waals surface area contributed by atoms with Crippen molar-refractivity contribution in [2.75, 3.05) is 21.8 Å². The van der Waals surface area contributed by atoms with Gasteiger partial charge in [-0.25, -0.2) is 16.8 Å². The fraction of sp³-hybridized carbons (Fsp3) is 0.250. The van der Waals surface area contributed by atoms with Gasteiger partial charge >= 0.3 is 0 Å². The zero-order valence-corrected chi connectivity index (χ0v) is 15.8. The van der Waals surface area contributed by atoms with E-state index in [2.05, 4.69) is 4.72 Å². The Kier molecular flexibility index (Phi) is 4.70. The molecule has 0 atom stereocenters. The number of nitrogens with zero attached hydrogens (tertiary/aromatic N) is 1. The molecule has 0 aromatic heterocycles. The summed E-state index contributed by atoms with van der Waals surface area (Å²) in [6, 6.07) is 10.7. The maximum absolute atomic E-state index is 12.4. The summed E-state index contributed by atoms with van der Waals surface area (Å²) in [5, 5.41) is 0.452. The van der Waals surface area contributed by atoms with E-state index < -0.39 is 20.0 Å². The molecule has 1 aliphatic heterocycles. The Hall–Kier alpha value is -1.77. The maximum atomic E-state index is 12.4. The number of rotatable bonds is 4. The molecule has 3 rings (SSSR count). The highest BCUT2D eigenvalue weighted by molar-refractivity contribution is 7.92. The lowest BCUT2D eigenvalue weighted by atomic mass is 10.0. The van der Waals surface area contributed by atoms with Gasteiger partial charge in [0.2, 0.25) is 10.0 Å². The lowest BCUT2D eigenvalue weighted by molar-refractivity contribution is 0.592. The minimum absolute atomic E-state index is 0.104. The third kappa shape index (κ3) is 3.91. The Morgan fingerprint density at radius 3 is 2.36 bits per heavy atom. The lowest BCUT2D eigenvalue weighted by Crippen LogP contribution is -2.34. The highest BCUT2D eigenvalue weighted by atomic mass is 35.5. The molecule has 6 nitrogen and oxygen atoms in total.